The Kier molecular flexibility index (Phi) is 3.51. The molecule has 0 spiro atoms. The van der Waals surface area contributed by atoms with Gasteiger partial charge in [0.2, 0.25) is 11.8 Å². The van der Waals surface area contributed by atoms with E-state index in [9.17, 15) is 17.6 Å². The van der Waals surface area contributed by atoms with E-state index in [4.69, 9.17) is 5.73 Å². The summed E-state index contributed by atoms with van der Waals surface area (Å²) in [5, 5.41) is 0.0540. The molecule has 0 saturated carbocycles. The van der Waals surface area contributed by atoms with Gasteiger partial charge < -0.3 is 10.5 Å². The van der Waals surface area contributed by atoms with Gasteiger partial charge in [0.1, 0.15) is 5.82 Å². The Morgan fingerprint density at radius 2 is 1.57 bits per heavy atom. The lowest BCUT2D eigenvalue weighted by molar-refractivity contribution is -0.275. The van der Waals surface area contributed by atoms with Gasteiger partial charge in [-0.25, -0.2) is 9.37 Å². The average molecular weight is 323 g/mol. The number of alkyl halides is 3. The second kappa shape index (κ2) is 5.38. The molecule has 118 valence electrons. The molecule has 3 aromatic rings. The standard InChI is InChI=1S/C15H9F4N3O/c16-10-4-1-8(2-5-10)9-3-6-12-11(7-9)13(22-14(20)21-12)23-15(17,18)19/h1-7H,(H2,20,21,22). The highest BCUT2D eigenvalue weighted by molar-refractivity contribution is 5.89. The van der Waals surface area contributed by atoms with Gasteiger partial charge in [0.05, 0.1) is 10.9 Å². The number of rotatable bonds is 2. The monoisotopic (exact) mass is 323 g/mol. The summed E-state index contributed by atoms with van der Waals surface area (Å²) in [6.45, 7) is 0. The number of halogens is 4. The molecule has 1 aromatic heterocycles. The zero-order valence-corrected chi connectivity index (χ0v) is 11.4. The second-order valence-electron chi connectivity index (χ2n) is 4.67. The second-order valence-corrected chi connectivity index (χ2v) is 4.67. The topological polar surface area (TPSA) is 61.0 Å². The van der Waals surface area contributed by atoms with Crippen LogP contribution in [0.25, 0.3) is 22.0 Å². The Morgan fingerprint density at radius 1 is 0.913 bits per heavy atom. The summed E-state index contributed by atoms with van der Waals surface area (Å²) >= 11 is 0. The third-order valence-electron chi connectivity index (χ3n) is 3.07. The SMILES string of the molecule is Nc1nc(OC(F)(F)F)c2cc(-c3ccc(F)cc3)ccc2n1. The molecule has 4 nitrogen and oxygen atoms in total. The molecule has 0 unspecified atom stereocenters. The molecule has 1 heterocycles. The molecule has 0 aliphatic carbocycles. The van der Waals surface area contributed by atoms with Crippen LogP contribution in [0.1, 0.15) is 0 Å². The summed E-state index contributed by atoms with van der Waals surface area (Å²) in [5.74, 6) is -1.41. The lowest BCUT2D eigenvalue weighted by atomic mass is 10.0. The van der Waals surface area contributed by atoms with Crippen molar-refractivity contribution in [3.8, 4) is 17.0 Å². The van der Waals surface area contributed by atoms with E-state index in [1.807, 2.05) is 0 Å². The fourth-order valence-electron chi connectivity index (χ4n) is 2.13. The van der Waals surface area contributed by atoms with E-state index in [1.54, 1.807) is 6.07 Å². The summed E-state index contributed by atoms with van der Waals surface area (Å²) in [7, 11) is 0. The fraction of sp³-hybridized carbons (Fsp3) is 0.0667. The van der Waals surface area contributed by atoms with E-state index < -0.39 is 18.1 Å². The molecule has 2 aromatic carbocycles. The predicted octanol–water partition coefficient (Wildman–Crippen LogP) is 3.92. The van der Waals surface area contributed by atoms with Crippen LogP contribution in [0.4, 0.5) is 23.5 Å². The van der Waals surface area contributed by atoms with Gasteiger partial charge in [-0.1, -0.05) is 18.2 Å². The predicted molar refractivity (Wildman–Crippen MR) is 76.0 cm³/mol. The van der Waals surface area contributed by atoms with Crippen molar-refractivity contribution in [1.82, 2.24) is 9.97 Å². The first-order valence-corrected chi connectivity index (χ1v) is 6.41. The van der Waals surface area contributed by atoms with Crippen LogP contribution < -0.4 is 10.5 Å². The Labute approximate surface area is 127 Å². The molecule has 2 N–H and O–H groups in total. The summed E-state index contributed by atoms with van der Waals surface area (Å²) in [6.07, 6.45) is -4.90. The highest BCUT2D eigenvalue weighted by Crippen LogP contribution is 2.32. The molecule has 3 rings (SSSR count). The van der Waals surface area contributed by atoms with Gasteiger partial charge in [-0.3, -0.25) is 0 Å². The van der Waals surface area contributed by atoms with Gasteiger partial charge in [0.25, 0.3) is 0 Å². The molecular weight excluding hydrogens is 314 g/mol. The summed E-state index contributed by atoms with van der Waals surface area (Å²) in [4.78, 5) is 7.37. The molecular formula is C15H9F4N3O. The zero-order valence-electron chi connectivity index (χ0n) is 11.4. The summed E-state index contributed by atoms with van der Waals surface area (Å²) in [5.41, 5.74) is 6.80. The Morgan fingerprint density at radius 3 is 2.22 bits per heavy atom. The minimum Gasteiger partial charge on any atom is -0.387 e. The van der Waals surface area contributed by atoms with Gasteiger partial charge in [0, 0.05) is 0 Å². The van der Waals surface area contributed by atoms with Crippen LogP contribution >= 0.6 is 0 Å². The number of nitrogens with two attached hydrogens (primary N) is 1. The smallest absolute Gasteiger partial charge is 0.387 e. The highest BCUT2D eigenvalue weighted by atomic mass is 19.4. The number of nitrogen functional groups attached to an aromatic ring is 1. The number of aromatic nitrogens is 2. The molecule has 8 heteroatoms. The summed E-state index contributed by atoms with van der Waals surface area (Å²) in [6, 6.07) is 10.1. The van der Waals surface area contributed by atoms with Crippen molar-refractivity contribution in [1.29, 1.82) is 0 Å². The summed E-state index contributed by atoms with van der Waals surface area (Å²) < 4.78 is 54.4. The first-order valence-electron chi connectivity index (χ1n) is 6.41. The maximum absolute atomic E-state index is 13.0. The first kappa shape index (κ1) is 15.0. The normalized spacial score (nSPS) is 11.7. The van der Waals surface area contributed by atoms with E-state index in [1.165, 1.54) is 36.4 Å². The first-order chi connectivity index (χ1) is 10.8. The molecule has 0 saturated heterocycles. The van der Waals surface area contributed by atoms with Crippen LogP contribution in [0.2, 0.25) is 0 Å². The van der Waals surface area contributed by atoms with Gasteiger partial charge in [0.15, 0.2) is 0 Å². The Bertz CT molecular complexity index is 863. The maximum atomic E-state index is 13.0. The third kappa shape index (κ3) is 3.31. The number of hydrogen-bond acceptors (Lipinski definition) is 4. The lowest BCUT2D eigenvalue weighted by Gasteiger charge is -2.11. The van der Waals surface area contributed by atoms with Crippen molar-refractivity contribution in [2.45, 2.75) is 6.36 Å². The molecule has 23 heavy (non-hydrogen) atoms. The number of ether oxygens (including phenoxy) is 1. The minimum atomic E-state index is -4.90. The third-order valence-corrected chi connectivity index (χ3v) is 3.07. The van der Waals surface area contributed by atoms with Gasteiger partial charge in [-0.2, -0.15) is 4.98 Å². The van der Waals surface area contributed by atoms with Crippen molar-refractivity contribution >= 4 is 16.9 Å². The van der Waals surface area contributed by atoms with Crippen molar-refractivity contribution in [2.75, 3.05) is 5.73 Å². The van der Waals surface area contributed by atoms with Crippen molar-refractivity contribution < 1.29 is 22.3 Å². The molecule has 0 aliphatic heterocycles. The number of nitrogens with zero attached hydrogens (tertiary/aromatic N) is 2. The Hall–Kier alpha value is -2.90. The molecule has 0 bridgehead atoms. The van der Waals surface area contributed by atoms with Crippen LogP contribution in [0.3, 0.4) is 0 Å². The Balaban J connectivity index is 2.15. The quantitative estimate of drug-likeness (QED) is 0.726. The number of anilines is 1. The maximum Gasteiger partial charge on any atom is 0.574 e. The van der Waals surface area contributed by atoms with E-state index >= 15 is 0 Å². The lowest BCUT2D eigenvalue weighted by Crippen LogP contribution is -2.18. The van der Waals surface area contributed by atoms with Gasteiger partial charge in [-0.15, -0.1) is 13.2 Å². The minimum absolute atomic E-state index is 0.0540. The molecule has 0 radical (unpaired) electrons. The van der Waals surface area contributed by atoms with Crippen LogP contribution in [-0.2, 0) is 0 Å². The number of fused-ring (bicyclic) bond motifs is 1. The van der Waals surface area contributed by atoms with E-state index in [0.717, 1.165) is 0 Å². The molecule has 0 atom stereocenters. The van der Waals surface area contributed by atoms with E-state index in [0.29, 0.717) is 11.1 Å². The van der Waals surface area contributed by atoms with Crippen molar-refractivity contribution in [3.05, 3.63) is 48.3 Å². The fourth-order valence-corrected chi connectivity index (χ4v) is 2.13. The van der Waals surface area contributed by atoms with Crippen LogP contribution in [0.5, 0.6) is 5.88 Å². The zero-order chi connectivity index (χ0) is 16.6. The van der Waals surface area contributed by atoms with Gasteiger partial charge >= 0.3 is 6.36 Å². The van der Waals surface area contributed by atoms with E-state index in [-0.39, 0.29) is 16.9 Å². The van der Waals surface area contributed by atoms with Crippen LogP contribution in [-0.4, -0.2) is 16.3 Å². The highest BCUT2D eigenvalue weighted by Gasteiger charge is 2.33. The number of benzene rings is 2. The number of hydrogen-bond donors (Lipinski definition) is 1. The average Bonchev–Trinajstić information content (AvgIpc) is 2.46. The molecule has 0 aliphatic rings. The van der Waals surface area contributed by atoms with Crippen molar-refractivity contribution in [3.63, 3.8) is 0 Å². The molecule has 0 amide bonds. The van der Waals surface area contributed by atoms with Crippen LogP contribution in [0, 0.1) is 5.82 Å². The van der Waals surface area contributed by atoms with Gasteiger partial charge in [-0.05, 0) is 35.4 Å². The largest absolute Gasteiger partial charge is 0.574 e. The van der Waals surface area contributed by atoms with E-state index in [2.05, 4.69) is 14.7 Å². The van der Waals surface area contributed by atoms with Crippen LogP contribution in [0.15, 0.2) is 42.5 Å². The molecule has 0 fully saturated rings. The van der Waals surface area contributed by atoms with Crippen molar-refractivity contribution in [2.24, 2.45) is 0 Å².